The highest BCUT2D eigenvalue weighted by atomic mass is 16.1. The molecule has 1 aromatic rings. The van der Waals surface area contributed by atoms with Gasteiger partial charge in [-0.05, 0) is 19.1 Å². The van der Waals surface area contributed by atoms with Crippen LogP contribution in [0.2, 0.25) is 0 Å². The third kappa shape index (κ3) is 1.62. The van der Waals surface area contributed by atoms with Gasteiger partial charge in [0.15, 0.2) is 0 Å². The number of carbonyl (C=O) groups is 1. The maximum absolute atomic E-state index is 9.99. The normalized spacial score (nSPS) is 9.30. The van der Waals surface area contributed by atoms with E-state index in [0.717, 1.165) is 17.7 Å². The highest BCUT2D eigenvalue weighted by molar-refractivity contribution is 5.53. The molecule has 0 aliphatic carbocycles. The molecule has 0 atom stereocenters. The van der Waals surface area contributed by atoms with Crippen LogP contribution in [0.5, 0.6) is 0 Å². The van der Waals surface area contributed by atoms with Crippen LogP contribution in [-0.2, 0) is 11.2 Å². The summed E-state index contributed by atoms with van der Waals surface area (Å²) in [5, 5.41) is 7.58. The van der Waals surface area contributed by atoms with E-state index in [4.69, 9.17) is 0 Å². The van der Waals surface area contributed by atoms with E-state index in [0.29, 0.717) is 6.42 Å². The van der Waals surface area contributed by atoms with Crippen LogP contribution >= 0.6 is 0 Å². The molecule has 52 valence electrons. The van der Waals surface area contributed by atoms with E-state index in [2.05, 4.69) is 10.2 Å². The van der Waals surface area contributed by atoms with Crippen LogP contribution in [0.25, 0.3) is 0 Å². The van der Waals surface area contributed by atoms with Gasteiger partial charge in [0.2, 0.25) is 0 Å². The summed E-state index contributed by atoms with van der Waals surface area (Å²) in [6.45, 7) is 1.86. The number of aryl methyl sites for hydroxylation is 1. The Balaban J connectivity index is 2.78. The summed E-state index contributed by atoms with van der Waals surface area (Å²) in [5.74, 6) is 0. The zero-order valence-electron chi connectivity index (χ0n) is 5.74. The molecule has 10 heavy (non-hydrogen) atoms. The van der Waals surface area contributed by atoms with Crippen LogP contribution in [0, 0.1) is 6.92 Å². The number of hydrogen-bond acceptors (Lipinski definition) is 3. The van der Waals surface area contributed by atoms with Gasteiger partial charge in [-0.25, -0.2) is 0 Å². The molecule has 0 aliphatic rings. The predicted octanol–water partition coefficient (Wildman–Crippen LogP) is 0.526. The van der Waals surface area contributed by atoms with Crippen molar-refractivity contribution in [1.82, 2.24) is 10.2 Å². The Morgan fingerprint density at radius 1 is 1.50 bits per heavy atom. The summed E-state index contributed by atoms with van der Waals surface area (Å²) >= 11 is 0. The maximum atomic E-state index is 9.99. The van der Waals surface area contributed by atoms with Crippen molar-refractivity contribution in [3.8, 4) is 0 Å². The molecule has 0 saturated heterocycles. The Bertz CT molecular complexity index is 218. The summed E-state index contributed by atoms with van der Waals surface area (Å²) in [7, 11) is 0. The lowest BCUT2D eigenvalue weighted by Crippen LogP contribution is -1.94. The number of aldehydes is 1. The predicted molar refractivity (Wildman–Crippen MR) is 36.5 cm³/mol. The van der Waals surface area contributed by atoms with Gasteiger partial charge in [-0.1, -0.05) is 0 Å². The lowest BCUT2D eigenvalue weighted by atomic mass is 10.3. The minimum absolute atomic E-state index is 0.354. The number of carbonyl (C=O) groups excluding carboxylic acids is 1. The average Bonchev–Trinajstić information content (AvgIpc) is 1.95. The van der Waals surface area contributed by atoms with Crippen LogP contribution in [0.15, 0.2) is 12.1 Å². The van der Waals surface area contributed by atoms with E-state index in [1.54, 1.807) is 6.07 Å². The molecule has 0 bridgehead atoms. The van der Waals surface area contributed by atoms with Crippen molar-refractivity contribution >= 4 is 6.29 Å². The summed E-state index contributed by atoms with van der Waals surface area (Å²) in [6, 6.07) is 3.64. The first-order valence-electron chi connectivity index (χ1n) is 3.06. The topological polar surface area (TPSA) is 42.9 Å². The molecule has 3 heteroatoms. The van der Waals surface area contributed by atoms with Crippen molar-refractivity contribution in [2.24, 2.45) is 0 Å². The van der Waals surface area contributed by atoms with Gasteiger partial charge < -0.3 is 4.79 Å². The van der Waals surface area contributed by atoms with E-state index in [-0.39, 0.29) is 0 Å². The van der Waals surface area contributed by atoms with Crippen molar-refractivity contribution < 1.29 is 4.79 Å². The third-order valence-electron chi connectivity index (χ3n) is 1.15. The molecular weight excluding hydrogens is 128 g/mol. The molecule has 0 aliphatic heterocycles. The van der Waals surface area contributed by atoms with Crippen LogP contribution in [0.3, 0.4) is 0 Å². The van der Waals surface area contributed by atoms with Crippen LogP contribution in [0.4, 0.5) is 0 Å². The largest absolute Gasteiger partial charge is 0.303 e. The van der Waals surface area contributed by atoms with E-state index in [1.807, 2.05) is 13.0 Å². The molecule has 0 aromatic carbocycles. The average molecular weight is 136 g/mol. The monoisotopic (exact) mass is 136 g/mol. The highest BCUT2D eigenvalue weighted by Crippen LogP contribution is 1.93. The molecule has 0 radical (unpaired) electrons. The van der Waals surface area contributed by atoms with Crippen LogP contribution in [0.1, 0.15) is 11.4 Å². The quantitative estimate of drug-likeness (QED) is 0.557. The number of aromatic nitrogens is 2. The fraction of sp³-hybridized carbons (Fsp3) is 0.286. The molecule has 0 amide bonds. The number of hydrogen-bond donors (Lipinski definition) is 0. The van der Waals surface area contributed by atoms with E-state index in [1.165, 1.54) is 0 Å². The molecule has 0 unspecified atom stereocenters. The summed E-state index contributed by atoms with van der Waals surface area (Å²) in [5.41, 5.74) is 1.59. The van der Waals surface area contributed by atoms with Gasteiger partial charge in [0.05, 0.1) is 11.4 Å². The SMILES string of the molecule is Cc1ccc(CC=O)nn1. The van der Waals surface area contributed by atoms with Crippen molar-refractivity contribution in [3.05, 3.63) is 23.5 Å². The molecule has 1 rings (SSSR count). The minimum atomic E-state index is 0.354. The molecule has 3 nitrogen and oxygen atoms in total. The lowest BCUT2D eigenvalue weighted by Gasteiger charge is -1.91. The molecular formula is C7H8N2O. The third-order valence-corrected chi connectivity index (χ3v) is 1.15. The highest BCUT2D eigenvalue weighted by Gasteiger charge is 1.91. The first-order valence-corrected chi connectivity index (χ1v) is 3.06. The minimum Gasteiger partial charge on any atom is -0.303 e. The van der Waals surface area contributed by atoms with Gasteiger partial charge in [0, 0.05) is 6.42 Å². The molecule has 0 spiro atoms. The molecule has 1 heterocycles. The van der Waals surface area contributed by atoms with Crippen LogP contribution < -0.4 is 0 Å². The van der Waals surface area contributed by atoms with Gasteiger partial charge in [-0.3, -0.25) is 0 Å². The van der Waals surface area contributed by atoms with E-state index >= 15 is 0 Å². The number of nitrogens with zero attached hydrogens (tertiary/aromatic N) is 2. The first-order chi connectivity index (χ1) is 4.83. The van der Waals surface area contributed by atoms with Crippen molar-refractivity contribution in [2.75, 3.05) is 0 Å². The Morgan fingerprint density at radius 3 is 2.80 bits per heavy atom. The number of rotatable bonds is 2. The summed E-state index contributed by atoms with van der Waals surface area (Å²) < 4.78 is 0. The van der Waals surface area contributed by atoms with Crippen molar-refractivity contribution in [2.45, 2.75) is 13.3 Å². The molecule has 0 fully saturated rings. The Morgan fingerprint density at radius 2 is 2.30 bits per heavy atom. The van der Waals surface area contributed by atoms with Crippen molar-refractivity contribution in [1.29, 1.82) is 0 Å². The molecule has 0 saturated carbocycles. The molecule has 0 N–H and O–H groups in total. The van der Waals surface area contributed by atoms with Gasteiger partial charge in [0.25, 0.3) is 0 Å². The Labute approximate surface area is 59.1 Å². The van der Waals surface area contributed by atoms with E-state index < -0.39 is 0 Å². The summed E-state index contributed by atoms with van der Waals surface area (Å²) in [6.07, 6.45) is 1.17. The maximum Gasteiger partial charge on any atom is 0.126 e. The van der Waals surface area contributed by atoms with Gasteiger partial charge in [-0.15, -0.1) is 0 Å². The Hall–Kier alpha value is -1.25. The standard InChI is InChI=1S/C7H8N2O/c1-6-2-3-7(4-5-10)9-8-6/h2-3,5H,4H2,1H3. The van der Waals surface area contributed by atoms with Gasteiger partial charge in [0.1, 0.15) is 6.29 Å². The van der Waals surface area contributed by atoms with E-state index in [9.17, 15) is 4.79 Å². The van der Waals surface area contributed by atoms with Gasteiger partial charge >= 0.3 is 0 Å². The zero-order valence-corrected chi connectivity index (χ0v) is 5.74. The zero-order chi connectivity index (χ0) is 7.40. The van der Waals surface area contributed by atoms with Crippen LogP contribution in [-0.4, -0.2) is 16.5 Å². The van der Waals surface area contributed by atoms with Gasteiger partial charge in [-0.2, -0.15) is 10.2 Å². The Kier molecular flexibility index (Phi) is 2.10. The van der Waals surface area contributed by atoms with Crippen molar-refractivity contribution in [3.63, 3.8) is 0 Å². The second-order valence-electron chi connectivity index (χ2n) is 2.04. The first kappa shape index (κ1) is 6.86. The second-order valence-corrected chi connectivity index (χ2v) is 2.04. The summed E-state index contributed by atoms with van der Waals surface area (Å²) in [4.78, 5) is 9.99. The fourth-order valence-corrected chi connectivity index (χ4v) is 0.621. The smallest absolute Gasteiger partial charge is 0.126 e. The second kappa shape index (κ2) is 3.06. The molecule has 1 aromatic heterocycles. The fourth-order valence-electron chi connectivity index (χ4n) is 0.621. The lowest BCUT2D eigenvalue weighted by molar-refractivity contribution is -0.107.